The zero-order valence-corrected chi connectivity index (χ0v) is 21.4. The summed E-state index contributed by atoms with van der Waals surface area (Å²) >= 11 is 0. The minimum absolute atomic E-state index is 0.148. The monoisotopic (exact) mass is 542 g/mol. The lowest BCUT2D eigenvalue weighted by Gasteiger charge is -2.38. The number of aliphatic hydroxyl groups excluding tert-OH is 3. The third-order valence-corrected chi connectivity index (χ3v) is 8.09. The van der Waals surface area contributed by atoms with Crippen LogP contribution in [0, 0.1) is 5.82 Å². The third-order valence-electron chi connectivity index (χ3n) is 8.09. The minimum atomic E-state index is -1.80. The molecule has 2 fully saturated rings. The predicted octanol–water partition coefficient (Wildman–Crippen LogP) is 1.25. The Morgan fingerprint density at radius 1 is 1.08 bits per heavy atom. The van der Waals surface area contributed by atoms with Gasteiger partial charge in [0.15, 0.2) is 11.8 Å². The summed E-state index contributed by atoms with van der Waals surface area (Å²) in [5.74, 6) is -1.40. The fourth-order valence-corrected chi connectivity index (χ4v) is 6.05. The molecule has 39 heavy (non-hydrogen) atoms. The molecule has 4 heterocycles. The number of aliphatic carboxylic acids is 1. The number of halogens is 1. The molecule has 2 aliphatic heterocycles. The number of aryl methyl sites for hydroxylation is 2. The highest BCUT2D eigenvalue weighted by Gasteiger charge is 2.48. The number of rotatable bonds is 5. The van der Waals surface area contributed by atoms with E-state index in [1.165, 1.54) is 12.1 Å². The van der Waals surface area contributed by atoms with Crippen molar-refractivity contribution in [3.63, 3.8) is 0 Å². The number of carboxylic acids is 1. The van der Waals surface area contributed by atoms with Gasteiger partial charge in [-0.1, -0.05) is 0 Å². The van der Waals surface area contributed by atoms with Gasteiger partial charge >= 0.3 is 5.97 Å². The van der Waals surface area contributed by atoms with Crippen LogP contribution in [-0.4, -0.2) is 85.0 Å². The lowest BCUT2D eigenvalue weighted by Crippen LogP contribution is -2.61. The molecule has 11 nitrogen and oxygen atoms in total. The highest BCUT2D eigenvalue weighted by atomic mass is 19.1. The molecule has 0 saturated carbocycles. The number of nitrogens with zero attached hydrogens (tertiary/aromatic N) is 4. The van der Waals surface area contributed by atoms with E-state index in [9.17, 15) is 29.6 Å². The van der Waals surface area contributed by atoms with Crippen molar-refractivity contribution in [2.45, 2.75) is 68.7 Å². The first-order valence-electron chi connectivity index (χ1n) is 13.2. The van der Waals surface area contributed by atoms with Crippen molar-refractivity contribution in [2.24, 2.45) is 7.05 Å². The number of ether oxygens (including phenoxy) is 2. The molecule has 2 saturated heterocycles. The smallest absolute Gasteiger partial charge is 0.335 e. The first kappa shape index (κ1) is 25.9. The van der Waals surface area contributed by atoms with Crippen LogP contribution in [0.4, 0.5) is 10.1 Å². The summed E-state index contributed by atoms with van der Waals surface area (Å²) in [5, 5.41) is 46.0. The summed E-state index contributed by atoms with van der Waals surface area (Å²) in [6, 6.07) is 6.50. The van der Waals surface area contributed by atoms with E-state index < -0.39 is 36.7 Å². The second-order valence-corrected chi connectivity index (χ2v) is 10.5. The number of fused-ring (bicyclic) bond motifs is 3. The Labute approximate surface area is 223 Å². The van der Waals surface area contributed by atoms with Crippen LogP contribution in [0.5, 0.6) is 5.88 Å². The van der Waals surface area contributed by atoms with Gasteiger partial charge in [0.2, 0.25) is 12.2 Å². The van der Waals surface area contributed by atoms with Gasteiger partial charge in [0.05, 0.1) is 5.69 Å². The molecule has 6 rings (SSSR count). The molecular weight excluding hydrogens is 511 g/mol. The molecule has 12 heteroatoms. The fraction of sp³-hybridized carbons (Fsp3) is 0.519. The van der Waals surface area contributed by atoms with Crippen molar-refractivity contribution in [1.82, 2.24) is 14.8 Å². The summed E-state index contributed by atoms with van der Waals surface area (Å²) in [5.41, 5.74) is 4.42. The summed E-state index contributed by atoms with van der Waals surface area (Å²) in [6.45, 7) is 1.56. The number of carboxylic acid groups (broad SMARTS) is 1. The lowest BCUT2D eigenvalue weighted by atomic mass is 9.88. The van der Waals surface area contributed by atoms with Gasteiger partial charge in [0, 0.05) is 42.7 Å². The van der Waals surface area contributed by atoms with E-state index in [0.717, 1.165) is 66.7 Å². The SMILES string of the molecule is Cn1nc([C@H]2CCN(c3ccc(F)cc3)C2)c2c3c(c(OC4OC(C(=O)O)C(O)C(O)C4O)nc21)CCCC3. The largest absolute Gasteiger partial charge is 0.479 e. The first-order chi connectivity index (χ1) is 18.7. The van der Waals surface area contributed by atoms with Crippen LogP contribution >= 0.6 is 0 Å². The maximum absolute atomic E-state index is 13.4. The number of carbonyl (C=O) groups is 1. The fourth-order valence-electron chi connectivity index (χ4n) is 6.05. The highest BCUT2D eigenvalue weighted by Crippen LogP contribution is 2.41. The van der Waals surface area contributed by atoms with Gasteiger partial charge in [-0.05, 0) is 61.9 Å². The zero-order valence-electron chi connectivity index (χ0n) is 21.4. The molecule has 1 aliphatic carbocycles. The number of aliphatic hydroxyl groups is 3. The van der Waals surface area contributed by atoms with Crippen molar-refractivity contribution < 1.29 is 39.1 Å². The molecule has 5 unspecified atom stereocenters. The average Bonchev–Trinajstić information content (AvgIpc) is 3.54. The van der Waals surface area contributed by atoms with Gasteiger partial charge < -0.3 is 34.8 Å². The normalized spacial score (nSPS) is 29.0. The average molecular weight is 543 g/mol. The standard InChI is InChI=1S/C27H31FN4O7/c1-31-24-18(19(30-31)13-10-11-32(12-13)15-8-6-14(28)7-9-15)16-4-2-3-5-17(16)25(29-24)39-27-22(35)20(33)21(34)23(38-27)26(36)37/h6-9,13,20-23,27,33-35H,2-5,10-12H2,1H3,(H,36,37)/t13-,20?,21?,22?,23?,27?/m0/s1. The summed E-state index contributed by atoms with van der Waals surface area (Å²) in [7, 11) is 1.80. The van der Waals surface area contributed by atoms with Crippen molar-refractivity contribution in [3.05, 3.63) is 46.9 Å². The van der Waals surface area contributed by atoms with Gasteiger partial charge in [-0.3, -0.25) is 4.68 Å². The molecule has 6 atom stereocenters. The Bertz CT molecular complexity index is 1400. The molecule has 3 aliphatic rings. The molecule has 4 N–H and O–H groups in total. The Kier molecular flexibility index (Phi) is 6.66. The van der Waals surface area contributed by atoms with Crippen LogP contribution in [0.1, 0.15) is 42.0 Å². The van der Waals surface area contributed by atoms with Crippen LogP contribution in [0.3, 0.4) is 0 Å². The number of anilines is 1. The van der Waals surface area contributed by atoms with Crippen LogP contribution in [-0.2, 0) is 29.4 Å². The second kappa shape index (κ2) is 10.0. The van der Waals surface area contributed by atoms with Crippen molar-refractivity contribution >= 4 is 22.7 Å². The Hall–Kier alpha value is -3.32. The predicted molar refractivity (Wildman–Crippen MR) is 136 cm³/mol. The summed E-state index contributed by atoms with van der Waals surface area (Å²) in [4.78, 5) is 18.5. The van der Waals surface area contributed by atoms with E-state index in [0.29, 0.717) is 12.1 Å². The van der Waals surface area contributed by atoms with Gasteiger partial charge in [0.1, 0.15) is 24.1 Å². The maximum Gasteiger partial charge on any atom is 0.335 e. The zero-order chi connectivity index (χ0) is 27.4. The van der Waals surface area contributed by atoms with Crippen LogP contribution in [0.15, 0.2) is 24.3 Å². The number of aromatic nitrogens is 3. The highest BCUT2D eigenvalue weighted by molar-refractivity contribution is 5.85. The van der Waals surface area contributed by atoms with E-state index >= 15 is 0 Å². The number of benzene rings is 1. The van der Waals surface area contributed by atoms with Gasteiger partial charge in [-0.2, -0.15) is 10.1 Å². The Morgan fingerprint density at radius 2 is 1.79 bits per heavy atom. The van der Waals surface area contributed by atoms with Crippen molar-refractivity contribution in [2.75, 3.05) is 18.0 Å². The van der Waals surface area contributed by atoms with Crippen LogP contribution in [0.2, 0.25) is 0 Å². The van der Waals surface area contributed by atoms with E-state index in [1.54, 1.807) is 23.9 Å². The van der Waals surface area contributed by atoms with E-state index in [-0.39, 0.29) is 17.6 Å². The minimum Gasteiger partial charge on any atom is -0.479 e. The molecule has 0 radical (unpaired) electrons. The summed E-state index contributed by atoms with van der Waals surface area (Å²) < 4.78 is 26.4. The second-order valence-electron chi connectivity index (χ2n) is 10.5. The van der Waals surface area contributed by atoms with Gasteiger partial charge in [0.25, 0.3) is 0 Å². The molecular formula is C27H31FN4O7. The van der Waals surface area contributed by atoms with Crippen molar-refractivity contribution in [3.8, 4) is 5.88 Å². The van der Waals surface area contributed by atoms with Crippen LogP contribution < -0.4 is 9.64 Å². The molecule has 0 spiro atoms. The van der Waals surface area contributed by atoms with Crippen LogP contribution in [0.25, 0.3) is 11.0 Å². The van der Waals surface area contributed by atoms with Crippen molar-refractivity contribution in [1.29, 1.82) is 0 Å². The maximum atomic E-state index is 13.4. The summed E-state index contributed by atoms with van der Waals surface area (Å²) in [6.07, 6.45) is -4.32. The Balaban J connectivity index is 1.34. The third kappa shape index (κ3) is 4.50. The molecule has 0 bridgehead atoms. The van der Waals surface area contributed by atoms with Gasteiger partial charge in [-0.15, -0.1) is 0 Å². The number of pyridine rings is 1. The van der Waals surface area contributed by atoms with E-state index in [4.69, 9.17) is 19.6 Å². The molecule has 2 aromatic heterocycles. The molecule has 3 aromatic rings. The van der Waals surface area contributed by atoms with Gasteiger partial charge in [-0.25, -0.2) is 9.18 Å². The molecule has 208 valence electrons. The number of hydrogen-bond donors (Lipinski definition) is 4. The lowest BCUT2D eigenvalue weighted by molar-refractivity contribution is -0.271. The molecule has 0 amide bonds. The Morgan fingerprint density at radius 3 is 2.51 bits per heavy atom. The molecule has 1 aromatic carbocycles. The quantitative estimate of drug-likeness (QED) is 0.371. The number of hydrogen-bond acceptors (Lipinski definition) is 9. The topological polar surface area (TPSA) is 150 Å². The van der Waals surface area contributed by atoms with E-state index in [2.05, 4.69) is 4.90 Å². The van der Waals surface area contributed by atoms with E-state index in [1.807, 2.05) is 0 Å². The first-order valence-corrected chi connectivity index (χ1v) is 13.2.